The van der Waals surface area contributed by atoms with Gasteiger partial charge in [0.2, 0.25) is 0 Å². The summed E-state index contributed by atoms with van der Waals surface area (Å²) in [5, 5.41) is 12.3. The zero-order chi connectivity index (χ0) is 14.4. The topological polar surface area (TPSA) is 65.5 Å². The van der Waals surface area contributed by atoms with Gasteiger partial charge >= 0.3 is 5.97 Å². The molecule has 0 aromatic carbocycles. The Labute approximate surface area is 120 Å². The fourth-order valence-electron chi connectivity index (χ4n) is 2.72. The highest BCUT2D eigenvalue weighted by Gasteiger charge is 2.17. The molecule has 1 unspecified atom stereocenters. The van der Waals surface area contributed by atoms with E-state index < -0.39 is 5.97 Å². The maximum Gasteiger partial charge on any atom is 0.337 e. The Balaban J connectivity index is 1.77. The lowest BCUT2D eigenvalue weighted by Crippen LogP contribution is -2.38. The second-order valence-corrected chi connectivity index (χ2v) is 5.39. The lowest BCUT2D eigenvalue weighted by molar-refractivity contribution is 0.0698. The molecule has 2 heterocycles. The number of nitrogens with zero attached hydrogens (tertiary/aromatic N) is 2. The molecule has 1 atom stereocenters. The monoisotopic (exact) mass is 277 g/mol. The van der Waals surface area contributed by atoms with E-state index in [1.165, 1.54) is 38.1 Å². The van der Waals surface area contributed by atoms with Gasteiger partial charge in [0, 0.05) is 25.3 Å². The summed E-state index contributed by atoms with van der Waals surface area (Å²) in [6, 6.07) is 2.20. The van der Waals surface area contributed by atoms with Crippen LogP contribution < -0.4 is 5.32 Å². The Bertz CT molecular complexity index is 450. The van der Waals surface area contributed by atoms with E-state index in [-0.39, 0.29) is 5.56 Å². The molecule has 1 aliphatic heterocycles. The van der Waals surface area contributed by atoms with Crippen LogP contribution in [0.5, 0.6) is 0 Å². The van der Waals surface area contributed by atoms with E-state index in [1.54, 1.807) is 6.20 Å². The third kappa shape index (κ3) is 3.93. The van der Waals surface area contributed by atoms with Crippen molar-refractivity contribution in [1.29, 1.82) is 0 Å². The van der Waals surface area contributed by atoms with Gasteiger partial charge in [0.15, 0.2) is 0 Å². The number of carboxylic acids is 1. The van der Waals surface area contributed by atoms with Crippen molar-refractivity contribution in [2.75, 3.05) is 25.0 Å². The molecule has 5 nitrogen and oxygen atoms in total. The highest BCUT2D eigenvalue weighted by molar-refractivity contribution is 5.93. The number of piperidine rings is 1. The van der Waals surface area contributed by atoms with Crippen molar-refractivity contribution in [3.63, 3.8) is 0 Å². The predicted molar refractivity (Wildman–Crippen MR) is 79.2 cm³/mol. The fourth-order valence-corrected chi connectivity index (χ4v) is 2.72. The summed E-state index contributed by atoms with van der Waals surface area (Å²) >= 11 is 0. The van der Waals surface area contributed by atoms with Crippen LogP contribution in [0.15, 0.2) is 18.5 Å². The van der Waals surface area contributed by atoms with Gasteiger partial charge < -0.3 is 15.3 Å². The van der Waals surface area contributed by atoms with Crippen molar-refractivity contribution >= 4 is 11.7 Å². The molecule has 5 heteroatoms. The van der Waals surface area contributed by atoms with Crippen LogP contribution in [0, 0.1) is 0 Å². The molecular weight excluding hydrogens is 254 g/mol. The molecule has 0 aliphatic carbocycles. The maximum atomic E-state index is 11.1. The summed E-state index contributed by atoms with van der Waals surface area (Å²) < 4.78 is 0. The van der Waals surface area contributed by atoms with Crippen molar-refractivity contribution in [2.24, 2.45) is 0 Å². The lowest BCUT2D eigenvalue weighted by atomic mass is 10.0. The van der Waals surface area contributed by atoms with E-state index in [2.05, 4.69) is 22.1 Å². The quantitative estimate of drug-likeness (QED) is 0.782. The van der Waals surface area contributed by atoms with E-state index >= 15 is 0 Å². The first-order chi connectivity index (χ1) is 9.68. The normalized spacial score (nSPS) is 19.8. The molecule has 110 valence electrons. The average Bonchev–Trinajstić information content (AvgIpc) is 2.45. The smallest absolute Gasteiger partial charge is 0.337 e. The van der Waals surface area contributed by atoms with Crippen LogP contribution in [-0.2, 0) is 0 Å². The number of likely N-dealkylation sites (tertiary alicyclic amines) is 1. The lowest BCUT2D eigenvalue weighted by Gasteiger charge is -2.33. The number of hydrogen-bond donors (Lipinski definition) is 2. The number of pyridine rings is 1. The summed E-state index contributed by atoms with van der Waals surface area (Å²) in [4.78, 5) is 17.6. The van der Waals surface area contributed by atoms with Gasteiger partial charge in [0.25, 0.3) is 0 Å². The Morgan fingerprint density at radius 2 is 2.40 bits per heavy atom. The molecule has 2 rings (SSSR count). The SMILES string of the molecule is CC1CCCCN1CCCNc1cnccc1C(=O)O. The summed E-state index contributed by atoms with van der Waals surface area (Å²) in [6.45, 7) is 5.32. The maximum absolute atomic E-state index is 11.1. The molecule has 1 aromatic rings. The summed E-state index contributed by atoms with van der Waals surface area (Å²) in [5.74, 6) is -0.917. The van der Waals surface area contributed by atoms with Crippen LogP contribution in [-0.4, -0.2) is 46.6 Å². The van der Waals surface area contributed by atoms with E-state index in [0.717, 1.165) is 19.5 Å². The van der Waals surface area contributed by atoms with E-state index in [9.17, 15) is 4.79 Å². The molecule has 20 heavy (non-hydrogen) atoms. The second-order valence-electron chi connectivity index (χ2n) is 5.39. The van der Waals surface area contributed by atoms with E-state index in [0.29, 0.717) is 11.7 Å². The Morgan fingerprint density at radius 1 is 1.55 bits per heavy atom. The predicted octanol–water partition coefficient (Wildman–Crippen LogP) is 2.46. The Hall–Kier alpha value is -1.62. The van der Waals surface area contributed by atoms with Gasteiger partial charge in [0.1, 0.15) is 0 Å². The van der Waals surface area contributed by atoms with Gasteiger partial charge in [-0.05, 0) is 38.8 Å². The first-order valence-corrected chi connectivity index (χ1v) is 7.33. The third-order valence-electron chi connectivity index (χ3n) is 3.93. The number of nitrogens with one attached hydrogen (secondary N) is 1. The van der Waals surface area contributed by atoms with Gasteiger partial charge in [-0.2, -0.15) is 0 Å². The summed E-state index contributed by atoms with van der Waals surface area (Å²) in [7, 11) is 0. The number of rotatable bonds is 6. The van der Waals surface area contributed by atoms with Crippen LogP contribution in [0.3, 0.4) is 0 Å². The summed E-state index contributed by atoms with van der Waals surface area (Å²) in [6.07, 6.45) is 8.02. The number of aromatic nitrogens is 1. The Morgan fingerprint density at radius 3 is 3.15 bits per heavy atom. The number of carboxylic acid groups (broad SMARTS) is 1. The van der Waals surface area contributed by atoms with Gasteiger partial charge in [-0.3, -0.25) is 4.98 Å². The van der Waals surface area contributed by atoms with Crippen molar-refractivity contribution in [2.45, 2.75) is 38.6 Å². The molecule has 1 aromatic heterocycles. The third-order valence-corrected chi connectivity index (χ3v) is 3.93. The number of carbonyl (C=O) groups is 1. The van der Waals surface area contributed by atoms with Gasteiger partial charge in [-0.1, -0.05) is 6.42 Å². The molecule has 1 aliphatic rings. The van der Waals surface area contributed by atoms with Crippen LogP contribution in [0.25, 0.3) is 0 Å². The van der Waals surface area contributed by atoms with Crippen LogP contribution in [0.4, 0.5) is 5.69 Å². The fraction of sp³-hybridized carbons (Fsp3) is 0.600. The number of anilines is 1. The minimum absolute atomic E-state index is 0.284. The molecule has 0 saturated carbocycles. The van der Waals surface area contributed by atoms with E-state index in [1.807, 2.05) is 0 Å². The molecule has 2 N–H and O–H groups in total. The molecule has 0 radical (unpaired) electrons. The first-order valence-electron chi connectivity index (χ1n) is 7.33. The minimum Gasteiger partial charge on any atom is -0.478 e. The molecule has 0 spiro atoms. The highest BCUT2D eigenvalue weighted by atomic mass is 16.4. The second kappa shape index (κ2) is 7.24. The zero-order valence-corrected chi connectivity index (χ0v) is 12.0. The largest absolute Gasteiger partial charge is 0.478 e. The van der Waals surface area contributed by atoms with Crippen molar-refractivity contribution in [3.8, 4) is 0 Å². The van der Waals surface area contributed by atoms with Crippen molar-refractivity contribution in [3.05, 3.63) is 24.0 Å². The standard InChI is InChI=1S/C15H23N3O2/c1-12-5-2-3-9-18(12)10-4-7-17-14-11-16-8-6-13(14)15(19)20/h6,8,11-12,17H,2-5,7,9-10H2,1H3,(H,19,20). The molecule has 1 fully saturated rings. The highest BCUT2D eigenvalue weighted by Crippen LogP contribution is 2.17. The van der Waals surface area contributed by atoms with Crippen molar-refractivity contribution in [1.82, 2.24) is 9.88 Å². The number of aromatic carboxylic acids is 1. The summed E-state index contributed by atoms with van der Waals surface area (Å²) in [5.41, 5.74) is 0.887. The zero-order valence-electron chi connectivity index (χ0n) is 12.0. The molecule has 0 bridgehead atoms. The van der Waals surface area contributed by atoms with Gasteiger partial charge in [-0.25, -0.2) is 4.79 Å². The number of hydrogen-bond acceptors (Lipinski definition) is 4. The average molecular weight is 277 g/mol. The van der Waals surface area contributed by atoms with Gasteiger partial charge in [0.05, 0.1) is 17.4 Å². The van der Waals surface area contributed by atoms with Crippen LogP contribution in [0.2, 0.25) is 0 Å². The minimum atomic E-state index is -0.917. The molecule has 1 saturated heterocycles. The Kier molecular flexibility index (Phi) is 5.35. The van der Waals surface area contributed by atoms with Crippen LogP contribution in [0.1, 0.15) is 43.0 Å². The molecular formula is C15H23N3O2. The van der Waals surface area contributed by atoms with Gasteiger partial charge in [-0.15, -0.1) is 0 Å². The van der Waals surface area contributed by atoms with Crippen LogP contribution >= 0.6 is 0 Å². The first kappa shape index (κ1) is 14.8. The molecule has 0 amide bonds. The van der Waals surface area contributed by atoms with E-state index in [4.69, 9.17) is 5.11 Å². The van der Waals surface area contributed by atoms with Crippen molar-refractivity contribution < 1.29 is 9.90 Å².